The first-order valence-electron chi connectivity index (χ1n) is 7.02. The molecule has 0 saturated carbocycles. The minimum Gasteiger partial charge on any atom is -0.426 e. The van der Waals surface area contributed by atoms with E-state index >= 15 is 0 Å². The van der Waals surface area contributed by atoms with Gasteiger partial charge in [0.05, 0.1) is 23.3 Å². The fourth-order valence-corrected chi connectivity index (χ4v) is 2.71. The summed E-state index contributed by atoms with van der Waals surface area (Å²) in [5.41, 5.74) is 2.30. The highest BCUT2D eigenvalue weighted by molar-refractivity contribution is 6.31. The van der Waals surface area contributed by atoms with Crippen LogP contribution in [-0.4, -0.2) is 30.4 Å². The maximum Gasteiger partial charge on any atom is 0.273 e. The number of carbonyl (C=O) groups is 1. The summed E-state index contributed by atoms with van der Waals surface area (Å²) >= 11 is 5.97. The molecule has 3 aromatic rings. The molecule has 3 rings (SSSR count). The van der Waals surface area contributed by atoms with Crippen LogP contribution in [0.25, 0.3) is 11.0 Å². The Labute approximate surface area is 137 Å². The van der Waals surface area contributed by atoms with Crippen molar-refractivity contribution in [3.63, 3.8) is 0 Å². The summed E-state index contributed by atoms with van der Waals surface area (Å²) in [5, 5.41) is 13.2. The van der Waals surface area contributed by atoms with Crippen molar-refractivity contribution in [1.82, 2.24) is 24.6 Å². The second kappa shape index (κ2) is 5.58. The molecule has 0 aliphatic carbocycles. The molecule has 1 amide bonds. The minimum atomic E-state index is -0.407. The highest BCUT2D eigenvalue weighted by atomic mass is 35.5. The summed E-state index contributed by atoms with van der Waals surface area (Å²) in [6, 6.07) is 5.45. The molecule has 0 atom stereocenters. The summed E-state index contributed by atoms with van der Waals surface area (Å²) < 4.78 is 2.68. The molecular formula is C15H16ClN5O2. The zero-order chi connectivity index (χ0) is 16.7. The number of aryl methyl sites for hydroxylation is 3. The van der Waals surface area contributed by atoms with Gasteiger partial charge in [0.25, 0.3) is 5.91 Å². The molecule has 0 saturated heterocycles. The molecule has 2 heterocycles. The van der Waals surface area contributed by atoms with E-state index in [1.807, 2.05) is 17.7 Å². The third kappa shape index (κ3) is 2.63. The van der Waals surface area contributed by atoms with Crippen molar-refractivity contribution in [1.29, 1.82) is 0 Å². The van der Waals surface area contributed by atoms with Crippen molar-refractivity contribution < 1.29 is 10.0 Å². The SMILES string of the molecule is Cc1nc(C)n(O)c1C(=O)NCc1nc2cc(Cl)ccc2n1C. The summed E-state index contributed by atoms with van der Waals surface area (Å²) in [4.78, 5) is 20.8. The number of halogens is 1. The lowest BCUT2D eigenvalue weighted by Crippen LogP contribution is -2.27. The third-order valence-electron chi connectivity index (χ3n) is 3.75. The fraction of sp³-hybridized carbons (Fsp3) is 0.267. The van der Waals surface area contributed by atoms with Crippen LogP contribution in [0.1, 0.15) is 27.8 Å². The molecule has 0 aliphatic rings. The van der Waals surface area contributed by atoms with E-state index in [9.17, 15) is 10.0 Å². The molecule has 1 aromatic carbocycles. The first-order valence-corrected chi connectivity index (χ1v) is 7.40. The van der Waals surface area contributed by atoms with E-state index in [4.69, 9.17) is 11.6 Å². The average molecular weight is 334 g/mol. The lowest BCUT2D eigenvalue weighted by Gasteiger charge is -2.06. The van der Waals surface area contributed by atoms with Crippen LogP contribution in [0.15, 0.2) is 18.2 Å². The van der Waals surface area contributed by atoms with E-state index in [0.717, 1.165) is 15.8 Å². The van der Waals surface area contributed by atoms with Crippen LogP contribution in [-0.2, 0) is 13.6 Å². The first-order chi connectivity index (χ1) is 10.9. The van der Waals surface area contributed by atoms with Crippen LogP contribution in [0, 0.1) is 13.8 Å². The van der Waals surface area contributed by atoms with Crippen LogP contribution in [0.5, 0.6) is 0 Å². The summed E-state index contributed by atoms with van der Waals surface area (Å²) in [5.74, 6) is 0.648. The van der Waals surface area contributed by atoms with Gasteiger partial charge in [-0.3, -0.25) is 4.79 Å². The molecule has 8 heteroatoms. The smallest absolute Gasteiger partial charge is 0.273 e. The average Bonchev–Trinajstić information content (AvgIpc) is 2.93. The van der Waals surface area contributed by atoms with Crippen LogP contribution in [0.3, 0.4) is 0 Å². The Morgan fingerprint density at radius 3 is 2.74 bits per heavy atom. The van der Waals surface area contributed by atoms with E-state index in [-0.39, 0.29) is 12.2 Å². The number of fused-ring (bicyclic) bond motifs is 1. The lowest BCUT2D eigenvalue weighted by atomic mass is 10.3. The molecule has 2 N–H and O–H groups in total. The van der Waals surface area contributed by atoms with E-state index < -0.39 is 5.91 Å². The van der Waals surface area contributed by atoms with E-state index in [1.54, 1.807) is 26.0 Å². The number of benzene rings is 1. The molecule has 0 radical (unpaired) electrons. The maximum absolute atomic E-state index is 12.3. The van der Waals surface area contributed by atoms with E-state index in [1.165, 1.54) is 0 Å². The van der Waals surface area contributed by atoms with Gasteiger partial charge in [-0.1, -0.05) is 11.6 Å². The number of aromatic nitrogens is 4. The van der Waals surface area contributed by atoms with Crippen molar-refractivity contribution in [2.45, 2.75) is 20.4 Å². The monoisotopic (exact) mass is 333 g/mol. The largest absolute Gasteiger partial charge is 0.426 e. The Kier molecular flexibility index (Phi) is 3.73. The molecule has 7 nitrogen and oxygen atoms in total. The molecule has 0 aliphatic heterocycles. The quantitative estimate of drug-likeness (QED) is 0.720. The van der Waals surface area contributed by atoms with Crippen molar-refractivity contribution in [2.24, 2.45) is 7.05 Å². The lowest BCUT2D eigenvalue weighted by molar-refractivity contribution is 0.0894. The number of hydrogen-bond acceptors (Lipinski definition) is 4. The summed E-state index contributed by atoms with van der Waals surface area (Å²) in [6.07, 6.45) is 0. The zero-order valence-corrected chi connectivity index (χ0v) is 13.7. The Bertz CT molecular complexity index is 912. The third-order valence-corrected chi connectivity index (χ3v) is 3.98. The van der Waals surface area contributed by atoms with Crippen LogP contribution >= 0.6 is 11.6 Å². The number of amides is 1. The predicted molar refractivity (Wildman–Crippen MR) is 85.8 cm³/mol. The molecule has 0 unspecified atom stereocenters. The van der Waals surface area contributed by atoms with Crippen molar-refractivity contribution in [2.75, 3.05) is 0 Å². The van der Waals surface area contributed by atoms with Crippen LogP contribution in [0.2, 0.25) is 5.02 Å². The second-order valence-electron chi connectivity index (χ2n) is 5.31. The zero-order valence-electron chi connectivity index (χ0n) is 13.0. The second-order valence-corrected chi connectivity index (χ2v) is 5.74. The number of nitrogens with one attached hydrogen (secondary N) is 1. The molecular weight excluding hydrogens is 318 g/mol. The topological polar surface area (TPSA) is 85.0 Å². The number of carbonyl (C=O) groups excluding carboxylic acids is 1. The van der Waals surface area contributed by atoms with Crippen LogP contribution < -0.4 is 5.32 Å². The number of rotatable bonds is 3. The highest BCUT2D eigenvalue weighted by Gasteiger charge is 2.19. The first kappa shape index (κ1) is 15.4. The van der Waals surface area contributed by atoms with Gasteiger partial charge >= 0.3 is 0 Å². The normalized spacial score (nSPS) is 11.1. The fourth-order valence-electron chi connectivity index (χ4n) is 2.54. The van der Waals surface area contributed by atoms with Crippen molar-refractivity contribution in [3.05, 3.63) is 46.3 Å². The number of imidazole rings is 2. The van der Waals surface area contributed by atoms with Gasteiger partial charge in [0.2, 0.25) is 0 Å². The summed E-state index contributed by atoms with van der Waals surface area (Å²) in [7, 11) is 1.87. The molecule has 0 spiro atoms. The minimum absolute atomic E-state index is 0.129. The molecule has 120 valence electrons. The van der Waals surface area contributed by atoms with Gasteiger partial charge in [0, 0.05) is 12.1 Å². The molecule has 23 heavy (non-hydrogen) atoms. The predicted octanol–water partition coefficient (Wildman–Crippen LogP) is 2.21. The van der Waals surface area contributed by atoms with Gasteiger partial charge in [0.15, 0.2) is 5.69 Å². The Hall–Kier alpha value is -2.54. The molecule has 0 bridgehead atoms. The van der Waals surface area contributed by atoms with E-state index in [2.05, 4.69) is 15.3 Å². The van der Waals surface area contributed by atoms with Gasteiger partial charge in [-0.25, -0.2) is 9.97 Å². The van der Waals surface area contributed by atoms with Crippen molar-refractivity contribution >= 4 is 28.5 Å². The van der Waals surface area contributed by atoms with Crippen molar-refractivity contribution in [3.8, 4) is 0 Å². The molecule has 2 aromatic heterocycles. The Balaban J connectivity index is 1.83. The molecule has 0 fully saturated rings. The Morgan fingerprint density at radius 2 is 2.09 bits per heavy atom. The number of hydrogen-bond donors (Lipinski definition) is 2. The van der Waals surface area contributed by atoms with Gasteiger partial charge in [-0.05, 0) is 32.0 Å². The standard InChI is InChI=1S/C15H16ClN5O2/c1-8-14(21(23)9(2)18-8)15(22)17-7-13-19-11-6-10(16)4-5-12(11)20(13)3/h4-6,23H,7H2,1-3H3,(H,17,22). The maximum atomic E-state index is 12.3. The van der Waals surface area contributed by atoms with Gasteiger partial charge in [-0.15, -0.1) is 0 Å². The summed E-state index contributed by atoms with van der Waals surface area (Å²) in [6.45, 7) is 3.52. The highest BCUT2D eigenvalue weighted by Crippen LogP contribution is 2.19. The Morgan fingerprint density at radius 1 is 1.35 bits per heavy atom. The number of nitrogens with zero attached hydrogens (tertiary/aromatic N) is 4. The van der Waals surface area contributed by atoms with E-state index in [0.29, 0.717) is 22.4 Å². The van der Waals surface area contributed by atoms with Crippen LogP contribution in [0.4, 0.5) is 0 Å². The van der Waals surface area contributed by atoms with Gasteiger partial charge in [0.1, 0.15) is 11.6 Å². The van der Waals surface area contributed by atoms with Gasteiger partial charge < -0.3 is 15.1 Å². The van der Waals surface area contributed by atoms with Gasteiger partial charge in [-0.2, -0.15) is 4.73 Å².